The summed E-state index contributed by atoms with van der Waals surface area (Å²) in [6, 6.07) is 14.2. The molecule has 6 heteroatoms. The molecule has 1 atom stereocenters. The number of hydrogen-bond donors (Lipinski definition) is 1. The smallest absolute Gasteiger partial charge is 0.240 e. The number of nitrogens with one attached hydrogen (secondary N) is 1. The van der Waals surface area contributed by atoms with Crippen LogP contribution in [0.25, 0.3) is 0 Å². The first-order valence-corrected chi connectivity index (χ1v) is 8.68. The third-order valence-electron chi connectivity index (χ3n) is 3.53. The summed E-state index contributed by atoms with van der Waals surface area (Å²) in [5, 5.41) is 0. The number of benzene rings is 2. The average Bonchev–Trinajstić information content (AvgIpc) is 2.56. The van der Waals surface area contributed by atoms with E-state index in [9.17, 15) is 8.42 Å². The van der Waals surface area contributed by atoms with E-state index in [1.54, 1.807) is 25.3 Å². The van der Waals surface area contributed by atoms with E-state index in [0.29, 0.717) is 5.75 Å². The average molecular weight is 335 g/mol. The van der Waals surface area contributed by atoms with E-state index in [-0.39, 0.29) is 11.4 Å². The highest BCUT2D eigenvalue weighted by Crippen LogP contribution is 2.26. The molecule has 0 saturated carbocycles. The molecular formula is C17H21NO4S. The number of sulfonamides is 1. The first kappa shape index (κ1) is 17.5. The zero-order chi connectivity index (χ0) is 16.9. The maximum Gasteiger partial charge on any atom is 0.240 e. The molecule has 0 aliphatic heterocycles. The zero-order valence-corrected chi connectivity index (χ0v) is 14.3. The van der Waals surface area contributed by atoms with Crippen molar-refractivity contribution in [1.82, 2.24) is 4.72 Å². The van der Waals surface area contributed by atoms with Crippen LogP contribution in [0.1, 0.15) is 17.2 Å². The standard InChI is InChI=1S/C17H21NO4S/c1-13-7-6-8-14(11-13)23(19,20)18-12-17(22-3)15-9-4-5-10-16(15)21-2/h4-11,17-18H,12H2,1-3H3. The van der Waals surface area contributed by atoms with Crippen molar-refractivity contribution in [1.29, 1.82) is 0 Å². The van der Waals surface area contributed by atoms with Crippen molar-refractivity contribution < 1.29 is 17.9 Å². The van der Waals surface area contributed by atoms with Gasteiger partial charge in [-0.25, -0.2) is 13.1 Å². The summed E-state index contributed by atoms with van der Waals surface area (Å²) in [7, 11) is -0.475. The van der Waals surface area contributed by atoms with Gasteiger partial charge in [-0.1, -0.05) is 30.3 Å². The lowest BCUT2D eigenvalue weighted by molar-refractivity contribution is 0.105. The van der Waals surface area contributed by atoms with Crippen LogP contribution >= 0.6 is 0 Å². The Kier molecular flexibility index (Phi) is 5.76. The summed E-state index contributed by atoms with van der Waals surface area (Å²) in [5.41, 5.74) is 1.69. The molecule has 0 spiro atoms. The number of ether oxygens (including phenoxy) is 2. The fraction of sp³-hybridized carbons (Fsp3) is 0.294. The molecule has 0 heterocycles. The van der Waals surface area contributed by atoms with E-state index in [1.807, 2.05) is 37.3 Å². The van der Waals surface area contributed by atoms with Crippen LogP contribution in [0.5, 0.6) is 5.75 Å². The van der Waals surface area contributed by atoms with Gasteiger partial charge < -0.3 is 9.47 Å². The second kappa shape index (κ2) is 7.59. The molecular weight excluding hydrogens is 314 g/mol. The van der Waals surface area contributed by atoms with Crippen LogP contribution in [0.15, 0.2) is 53.4 Å². The minimum Gasteiger partial charge on any atom is -0.496 e. The molecule has 0 bridgehead atoms. The Balaban J connectivity index is 2.17. The molecule has 0 amide bonds. The van der Waals surface area contributed by atoms with Gasteiger partial charge >= 0.3 is 0 Å². The van der Waals surface area contributed by atoms with E-state index >= 15 is 0 Å². The molecule has 5 nitrogen and oxygen atoms in total. The molecule has 0 radical (unpaired) electrons. The monoisotopic (exact) mass is 335 g/mol. The van der Waals surface area contributed by atoms with Crippen LogP contribution in [0, 0.1) is 6.92 Å². The van der Waals surface area contributed by atoms with Crippen molar-refractivity contribution in [3.63, 3.8) is 0 Å². The van der Waals surface area contributed by atoms with Crippen LogP contribution < -0.4 is 9.46 Å². The highest BCUT2D eigenvalue weighted by atomic mass is 32.2. The molecule has 1 unspecified atom stereocenters. The van der Waals surface area contributed by atoms with Crippen LogP contribution in [-0.2, 0) is 14.8 Å². The molecule has 0 fully saturated rings. The summed E-state index contributed by atoms with van der Waals surface area (Å²) in [5.74, 6) is 0.661. The normalized spacial score (nSPS) is 12.8. The van der Waals surface area contributed by atoms with Gasteiger partial charge in [-0.15, -0.1) is 0 Å². The van der Waals surface area contributed by atoms with Gasteiger partial charge in [-0.2, -0.15) is 0 Å². The molecule has 1 N–H and O–H groups in total. The SMILES string of the molecule is COc1ccccc1C(CNS(=O)(=O)c1cccc(C)c1)OC. The Labute approximate surface area is 137 Å². The van der Waals surface area contributed by atoms with E-state index in [4.69, 9.17) is 9.47 Å². The fourth-order valence-electron chi connectivity index (χ4n) is 2.30. The second-order valence-electron chi connectivity index (χ2n) is 5.13. The van der Waals surface area contributed by atoms with Crippen LogP contribution in [0.3, 0.4) is 0 Å². The van der Waals surface area contributed by atoms with E-state index < -0.39 is 16.1 Å². The molecule has 23 heavy (non-hydrogen) atoms. The predicted octanol–water partition coefficient (Wildman–Crippen LogP) is 2.67. The Morgan fingerprint density at radius 3 is 2.48 bits per heavy atom. The van der Waals surface area contributed by atoms with Crippen molar-refractivity contribution in [2.45, 2.75) is 17.9 Å². The summed E-state index contributed by atoms with van der Waals surface area (Å²) in [6.07, 6.45) is -0.439. The fourth-order valence-corrected chi connectivity index (χ4v) is 3.44. The van der Waals surface area contributed by atoms with Crippen molar-refractivity contribution >= 4 is 10.0 Å². The largest absolute Gasteiger partial charge is 0.496 e. The Morgan fingerprint density at radius 2 is 1.83 bits per heavy atom. The summed E-state index contributed by atoms with van der Waals surface area (Å²) in [4.78, 5) is 0.243. The van der Waals surface area contributed by atoms with Gasteiger partial charge in [-0.05, 0) is 30.7 Å². The van der Waals surface area contributed by atoms with Crippen LogP contribution in [-0.4, -0.2) is 29.2 Å². The molecule has 0 aliphatic carbocycles. The van der Waals surface area contributed by atoms with Gasteiger partial charge in [0.1, 0.15) is 5.75 Å². The lowest BCUT2D eigenvalue weighted by Gasteiger charge is -2.19. The second-order valence-corrected chi connectivity index (χ2v) is 6.90. The molecule has 2 aromatic rings. The summed E-state index contributed by atoms with van der Waals surface area (Å²) in [6.45, 7) is 1.97. The first-order chi connectivity index (χ1) is 11.0. The maximum absolute atomic E-state index is 12.4. The van der Waals surface area contributed by atoms with Crippen molar-refractivity contribution in [3.8, 4) is 5.75 Å². The van der Waals surface area contributed by atoms with Gasteiger partial charge in [0.05, 0.1) is 18.1 Å². The molecule has 0 saturated heterocycles. The van der Waals surface area contributed by atoms with Crippen molar-refractivity contribution in [2.24, 2.45) is 0 Å². The number of methoxy groups -OCH3 is 2. The Morgan fingerprint density at radius 1 is 1.09 bits per heavy atom. The van der Waals surface area contributed by atoms with Gasteiger partial charge in [0, 0.05) is 19.2 Å². The maximum atomic E-state index is 12.4. The first-order valence-electron chi connectivity index (χ1n) is 7.20. The van der Waals surface area contributed by atoms with Gasteiger partial charge in [0.2, 0.25) is 10.0 Å². The van der Waals surface area contributed by atoms with E-state index in [1.165, 1.54) is 7.11 Å². The molecule has 2 rings (SSSR count). The lowest BCUT2D eigenvalue weighted by atomic mass is 10.1. The zero-order valence-electron chi connectivity index (χ0n) is 13.4. The minimum atomic E-state index is -3.59. The molecule has 124 valence electrons. The summed E-state index contributed by atoms with van der Waals surface area (Å²) >= 11 is 0. The highest BCUT2D eigenvalue weighted by Gasteiger charge is 2.20. The third-order valence-corrected chi connectivity index (χ3v) is 4.95. The number of aryl methyl sites for hydroxylation is 1. The predicted molar refractivity (Wildman–Crippen MR) is 89.1 cm³/mol. The van der Waals surface area contributed by atoms with Gasteiger partial charge in [0.15, 0.2) is 0 Å². The number of rotatable bonds is 7. The quantitative estimate of drug-likeness (QED) is 0.845. The van der Waals surface area contributed by atoms with Crippen molar-refractivity contribution in [3.05, 3.63) is 59.7 Å². The van der Waals surface area contributed by atoms with Crippen LogP contribution in [0.2, 0.25) is 0 Å². The van der Waals surface area contributed by atoms with Crippen molar-refractivity contribution in [2.75, 3.05) is 20.8 Å². The Bertz CT molecular complexity index is 759. The van der Waals surface area contributed by atoms with Crippen LogP contribution in [0.4, 0.5) is 0 Å². The summed E-state index contributed by atoms with van der Waals surface area (Å²) < 4.78 is 38.1. The highest BCUT2D eigenvalue weighted by molar-refractivity contribution is 7.89. The number of hydrogen-bond acceptors (Lipinski definition) is 4. The molecule has 0 aliphatic rings. The topological polar surface area (TPSA) is 64.6 Å². The van der Waals surface area contributed by atoms with E-state index in [0.717, 1.165) is 11.1 Å². The third kappa shape index (κ3) is 4.31. The van der Waals surface area contributed by atoms with Gasteiger partial charge in [-0.3, -0.25) is 0 Å². The lowest BCUT2D eigenvalue weighted by Crippen LogP contribution is -2.29. The van der Waals surface area contributed by atoms with E-state index in [2.05, 4.69) is 4.72 Å². The Hall–Kier alpha value is -1.89. The molecule has 0 aromatic heterocycles. The minimum absolute atomic E-state index is 0.118. The number of para-hydroxylation sites is 1. The molecule has 2 aromatic carbocycles. The van der Waals surface area contributed by atoms with Gasteiger partial charge in [0.25, 0.3) is 0 Å².